The second-order valence-electron chi connectivity index (χ2n) is 5.77. The summed E-state index contributed by atoms with van der Waals surface area (Å²) in [5, 5.41) is 25.4. The molecule has 0 aliphatic carbocycles. The van der Waals surface area contributed by atoms with E-state index < -0.39 is 18.2 Å². The fraction of sp³-hybridized carbons (Fsp3) is 0.588. The first-order valence-corrected chi connectivity index (χ1v) is 7.90. The quantitative estimate of drug-likeness (QED) is 0.522. The van der Waals surface area contributed by atoms with Gasteiger partial charge in [0, 0.05) is 6.04 Å². The molecule has 1 amide bonds. The van der Waals surface area contributed by atoms with Crippen LogP contribution in [0.4, 0.5) is 0 Å². The molecule has 0 aliphatic rings. The minimum Gasteiger partial charge on any atom is -0.383 e. The van der Waals surface area contributed by atoms with E-state index in [1.54, 1.807) is 0 Å². The Hall–Kier alpha value is -1.43. The minimum absolute atomic E-state index is 0.0305. The summed E-state index contributed by atoms with van der Waals surface area (Å²) in [4.78, 5) is 11.8. The Morgan fingerprint density at radius 2 is 1.82 bits per heavy atom. The summed E-state index contributed by atoms with van der Waals surface area (Å²) >= 11 is 0. The normalized spacial score (nSPS) is 16.6. The van der Waals surface area contributed by atoms with E-state index in [9.17, 15) is 15.0 Å². The molecule has 0 aliphatic heterocycles. The van der Waals surface area contributed by atoms with Crippen LogP contribution in [-0.4, -0.2) is 35.0 Å². The van der Waals surface area contributed by atoms with Crippen molar-refractivity contribution in [3.05, 3.63) is 35.9 Å². The van der Waals surface area contributed by atoms with Gasteiger partial charge in [-0.25, -0.2) is 0 Å². The van der Waals surface area contributed by atoms with Crippen LogP contribution in [0.15, 0.2) is 30.3 Å². The number of hydrogen-bond donors (Lipinski definition) is 4. The van der Waals surface area contributed by atoms with E-state index in [0.29, 0.717) is 0 Å². The van der Waals surface area contributed by atoms with Crippen LogP contribution >= 0.6 is 0 Å². The predicted octanol–water partition coefficient (Wildman–Crippen LogP) is 1.57. The molecular weight excluding hydrogens is 280 g/mol. The standard InChI is InChI=1S/C17H28N2O3/c1-4-8-12(2)16(21)17(22)18-11-15(20)19-13(3)14-9-6-5-7-10-14/h5-7,9-10,12-13,15-16,19-21H,4,8,11H2,1-3H3,(H,18,22). The summed E-state index contributed by atoms with van der Waals surface area (Å²) in [5.74, 6) is -0.521. The highest BCUT2D eigenvalue weighted by molar-refractivity contribution is 5.80. The van der Waals surface area contributed by atoms with Gasteiger partial charge >= 0.3 is 0 Å². The van der Waals surface area contributed by atoms with Gasteiger partial charge in [-0.05, 0) is 24.8 Å². The maximum atomic E-state index is 11.8. The second kappa shape index (κ2) is 9.56. The van der Waals surface area contributed by atoms with Gasteiger partial charge in [0.05, 0.1) is 6.54 Å². The second-order valence-corrected chi connectivity index (χ2v) is 5.77. The van der Waals surface area contributed by atoms with Crippen LogP contribution in [0.1, 0.15) is 45.2 Å². The van der Waals surface area contributed by atoms with E-state index in [0.717, 1.165) is 18.4 Å². The van der Waals surface area contributed by atoms with E-state index in [2.05, 4.69) is 10.6 Å². The minimum atomic E-state index is -1.03. The first-order valence-electron chi connectivity index (χ1n) is 7.90. The first kappa shape index (κ1) is 18.6. The number of amides is 1. The maximum absolute atomic E-state index is 11.8. The van der Waals surface area contributed by atoms with Crippen LogP contribution in [-0.2, 0) is 4.79 Å². The molecule has 0 radical (unpaired) electrons. The van der Waals surface area contributed by atoms with Crippen molar-refractivity contribution < 1.29 is 15.0 Å². The lowest BCUT2D eigenvalue weighted by Gasteiger charge is -2.22. The molecule has 1 rings (SSSR count). The summed E-state index contributed by atoms with van der Waals surface area (Å²) in [6, 6.07) is 9.72. The number of carbonyl (C=O) groups is 1. The molecule has 0 bridgehead atoms. The van der Waals surface area contributed by atoms with Gasteiger partial charge in [-0.3, -0.25) is 10.1 Å². The number of aliphatic hydroxyl groups is 2. The Morgan fingerprint density at radius 3 is 2.41 bits per heavy atom. The molecule has 0 saturated carbocycles. The van der Waals surface area contributed by atoms with Gasteiger partial charge in [0.25, 0.3) is 0 Å². The summed E-state index contributed by atoms with van der Waals surface area (Å²) in [6.07, 6.45) is -0.184. The molecule has 0 heterocycles. The van der Waals surface area contributed by atoms with Gasteiger partial charge in [0.2, 0.25) is 5.91 Å². The van der Waals surface area contributed by atoms with Crippen LogP contribution in [0.5, 0.6) is 0 Å². The van der Waals surface area contributed by atoms with Gasteiger partial charge in [0.15, 0.2) is 0 Å². The molecule has 22 heavy (non-hydrogen) atoms. The summed E-state index contributed by atoms with van der Waals surface area (Å²) < 4.78 is 0. The van der Waals surface area contributed by atoms with Crippen molar-refractivity contribution in [3.8, 4) is 0 Å². The number of aliphatic hydroxyl groups excluding tert-OH is 2. The van der Waals surface area contributed by atoms with Gasteiger partial charge in [-0.15, -0.1) is 0 Å². The largest absolute Gasteiger partial charge is 0.383 e. The molecule has 4 unspecified atom stereocenters. The topological polar surface area (TPSA) is 81.6 Å². The van der Waals surface area contributed by atoms with Gasteiger partial charge < -0.3 is 15.5 Å². The average molecular weight is 308 g/mol. The molecule has 1 aromatic rings. The molecule has 4 atom stereocenters. The Morgan fingerprint density at radius 1 is 1.18 bits per heavy atom. The van der Waals surface area contributed by atoms with Gasteiger partial charge in [0.1, 0.15) is 12.3 Å². The van der Waals surface area contributed by atoms with Crippen molar-refractivity contribution in [1.82, 2.24) is 10.6 Å². The third-order valence-electron chi connectivity index (χ3n) is 3.76. The van der Waals surface area contributed by atoms with Crippen molar-refractivity contribution in [2.24, 2.45) is 5.92 Å². The van der Waals surface area contributed by atoms with E-state index in [4.69, 9.17) is 0 Å². The highest BCUT2D eigenvalue weighted by atomic mass is 16.3. The fourth-order valence-electron chi connectivity index (χ4n) is 2.36. The predicted molar refractivity (Wildman–Crippen MR) is 87.1 cm³/mol. The zero-order valence-electron chi connectivity index (χ0n) is 13.6. The molecule has 5 heteroatoms. The molecule has 1 aromatic carbocycles. The Bertz CT molecular complexity index is 439. The molecule has 0 fully saturated rings. The van der Waals surface area contributed by atoms with Crippen LogP contribution < -0.4 is 10.6 Å². The fourth-order valence-corrected chi connectivity index (χ4v) is 2.36. The smallest absolute Gasteiger partial charge is 0.249 e. The lowest BCUT2D eigenvalue weighted by Crippen LogP contribution is -2.46. The third kappa shape index (κ3) is 6.13. The van der Waals surface area contributed by atoms with Crippen molar-refractivity contribution >= 4 is 5.91 Å². The van der Waals surface area contributed by atoms with E-state index in [1.165, 1.54) is 0 Å². The molecule has 4 N–H and O–H groups in total. The van der Waals surface area contributed by atoms with Crippen LogP contribution in [0.3, 0.4) is 0 Å². The zero-order chi connectivity index (χ0) is 16.5. The number of rotatable bonds is 9. The van der Waals surface area contributed by atoms with E-state index in [1.807, 2.05) is 51.1 Å². The van der Waals surface area contributed by atoms with Crippen LogP contribution in [0, 0.1) is 5.92 Å². The van der Waals surface area contributed by atoms with Crippen molar-refractivity contribution in [3.63, 3.8) is 0 Å². The Kier molecular flexibility index (Phi) is 8.09. The first-order chi connectivity index (χ1) is 10.5. The SMILES string of the molecule is CCCC(C)C(O)C(=O)NCC(O)NC(C)c1ccccc1. The number of nitrogens with one attached hydrogen (secondary N) is 2. The molecular formula is C17H28N2O3. The Balaban J connectivity index is 2.36. The number of carbonyl (C=O) groups excluding carboxylic acids is 1. The van der Waals surface area contributed by atoms with Crippen molar-refractivity contribution in [1.29, 1.82) is 0 Å². The highest BCUT2D eigenvalue weighted by Crippen LogP contribution is 2.12. The third-order valence-corrected chi connectivity index (χ3v) is 3.76. The monoisotopic (exact) mass is 308 g/mol. The molecule has 0 saturated heterocycles. The highest BCUT2D eigenvalue weighted by Gasteiger charge is 2.22. The zero-order valence-corrected chi connectivity index (χ0v) is 13.6. The molecule has 5 nitrogen and oxygen atoms in total. The number of hydrogen-bond acceptors (Lipinski definition) is 4. The van der Waals surface area contributed by atoms with Crippen molar-refractivity contribution in [2.75, 3.05) is 6.54 Å². The Labute approximate surface area is 132 Å². The molecule has 0 spiro atoms. The summed E-state index contributed by atoms with van der Waals surface area (Å²) in [7, 11) is 0. The number of benzene rings is 1. The van der Waals surface area contributed by atoms with Crippen LogP contribution in [0.2, 0.25) is 0 Å². The maximum Gasteiger partial charge on any atom is 0.249 e. The summed E-state index contributed by atoms with van der Waals surface area (Å²) in [5.41, 5.74) is 1.06. The lowest BCUT2D eigenvalue weighted by atomic mass is 9.99. The van der Waals surface area contributed by atoms with Crippen molar-refractivity contribution in [2.45, 2.75) is 52.0 Å². The van der Waals surface area contributed by atoms with Gasteiger partial charge in [-0.2, -0.15) is 0 Å². The van der Waals surface area contributed by atoms with E-state index in [-0.39, 0.29) is 18.5 Å². The molecule has 0 aromatic heterocycles. The molecule has 124 valence electrons. The van der Waals surface area contributed by atoms with E-state index >= 15 is 0 Å². The van der Waals surface area contributed by atoms with Gasteiger partial charge in [-0.1, -0.05) is 50.6 Å². The van der Waals surface area contributed by atoms with Crippen LogP contribution in [0.25, 0.3) is 0 Å². The average Bonchev–Trinajstić information content (AvgIpc) is 2.52. The lowest BCUT2D eigenvalue weighted by molar-refractivity contribution is -0.132. The summed E-state index contributed by atoms with van der Waals surface area (Å²) in [6.45, 7) is 5.87.